The van der Waals surface area contributed by atoms with Crippen LogP contribution in [-0.2, 0) is 22.4 Å². The Morgan fingerprint density at radius 2 is 2.27 bits per heavy atom. The van der Waals surface area contributed by atoms with Crippen LogP contribution in [0.1, 0.15) is 29.3 Å². The number of carbonyl (C=O) groups is 1. The van der Waals surface area contributed by atoms with Gasteiger partial charge >= 0.3 is 0 Å². The Balaban J connectivity index is 1.45. The van der Waals surface area contributed by atoms with E-state index in [0.29, 0.717) is 37.6 Å². The molecule has 0 saturated carbocycles. The van der Waals surface area contributed by atoms with Crippen molar-refractivity contribution >= 4 is 50.9 Å². The van der Waals surface area contributed by atoms with Crippen LogP contribution in [-0.4, -0.2) is 52.8 Å². The van der Waals surface area contributed by atoms with E-state index in [1.165, 1.54) is 18.5 Å². The van der Waals surface area contributed by atoms with Crippen molar-refractivity contribution in [3.8, 4) is 0 Å². The van der Waals surface area contributed by atoms with E-state index < -0.39 is 5.82 Å². The topological polar surface area (TPSA) is 117 Å². The van der Waals surface area contributed by atoms with Gasteiger partial charge in [-0.05, 0) is 43.9 Å². The maximum atomic E-state index is 14.6. The van der Waals surface area contributed by atoms with Gasteiger partial charge in [-0.25, -0.2) is 14.4 Å². The second-order valence-electron chi connectivity index (χ2n) is 8.53. The van der Waals surface area contributed by atoms with E-state index in [9.17, 15) is 9.18 Å². The van der Waals surface area contributed by atoms with Crippen LogP contribution in [0, 0.1) is 17.1 Å². The van der Waals surface area contributed by atoms with Crippen molar-refractivity contribution in [1.82, 2.24) is 14.9 Å². The van der Waals surface area contributed by atoms with E-state index in [1.54, 1.807) is 11.3 Å². The van der Waals surface area contributed by atoms with E-state index in [-0.39, 0.29) is 29.2 Å². The molecule has 2 atom stereocenters. The van der Waals surface area contributed by atoms with Gasteiger partial charge in [0.2, 0.25) is 5.91 Å². The van der Waals surface area contributed by atoms with Crippen molar-refractivity contribution in [1.29, 1.82) is 5.41 Å². The Morgan fingerprint density at radius 1 is 1.42 bits per heavy atom. The Hall–Kier alpha value is -3.11. The summed E-state index contributed by atoms with van der Waals surface area (Å²) in [4.78, 5) is 25.9. The first-order valence-electron chi connectivity index (χ1n) is 11.0. The lowest BCUT2D eigenvalue weighted by atomic mass is 9.86. The zero-order valence-electron chi connectivity index (χ0n) is 18.2. The highest BCUT2D eigenvalue weighted by Crippen LogP contribution is 2.41. The lowest BCUT2D eigenvalue weighted by Gasteiger charge is -2.36. The number of amides is 1. The van der Waals surface area contributed by atoms with Crippen molar-refractivity contribution in [3.05, 3.63) is 40.3 Å². The molecule has 8 nitrogen and oxygen atoms in total. The molecule has 1 aromatic carbocycles. The number of nitrogens with one attached hydrogen (secondary N) is 2. The monoisotopic (exact) mass is 468 g/mol. The Bertz CT molecular complexity index is 1250. The van der Waals surface area contributed by atoms with Crippen molar-refractivity contribution in [2.45, 2.75) is 32.2 Å². The normalized spacial score (nSPS) is 20.5. The van der Waals surface area contributed by atoms with Gasteiger partial charge in [0.25, 0.3) is 0 Å². The third-order valence-corrected chi connectivity index (χ3v) is 7.59. The van der Waals surface area contributed by atoms with Crippen LogP contribution >= 0.6 is 11.3 Å². The summed E-state index contributed by atoms with van der Waals surface area (Å²) in [5.41, 5.74) is 7.74. The van der Waals surface area contributed by atoms with Crippen molar-refractivity contribution in [2.75, 3.05) is 30.8 Å². The van der Waals surface area contributed by atoms with Crippen molar-refractivity contribution in [3.63, 3.8) is 0 Å². The average molecular weight is 469 g/mol. The van der Waals surface area contributed by atoms with E-state index in [1.807, 2.05) is 11.8 Å². The molecule has 4 N–H and O–H groups in total. The van der Waals surface area contributed by atoms with E-state index >= 15 is 0 Å². The highest BCUT2D eigenvalue weighted by molar-refractivity contribution is 7.19. The van der Waals surface area contributed by atoms with Gasteiger partial charge in [0.15, 0.2) is 0 Å². The molecule has 10 heteroatoms. The number of ether oxygens (including phenoxy) is 1. The van der Waals surface area contributed by atoms with Crippen LogP contribution in [0.2, 0.25) is 0 Å². The number of hydrogen-bond donors (Lipinski definition) is 3. The second kappa shape index (κ2) is 8.68. The second-order valence-corrected chi connectivity index (χ2v) is 9.62. The minimum Gasteiger partial charge on any atom is -0.398 e. The number of fused-ring (bicyclic) bond motifs is 3. The minimum atomic E-state index is -0.515. The molecule has 3 heterocycles. The maximum absolute atomic E-state index is 14.6. The zero-order chi connectivity index (χ0) is 23.1. The molecular weight excluding hydrogens is 443 g/mol. The van der Waals surface area contributed by atoms with Gasteiger partial charge in [0, 0.05) is 34.8 Å². The first-order chi connectivity index (χ1) is 16.0. The van der Waals surface area contributed by atoms with Crippen LogP contribution in [0.5, 0.6) is 0 Å². The number of thiophene rings is 1. The minimum absolute atomic E-state index is 0.0554. The molecule has 0 bridgehead atoms. The first-order valence-corrected chi connectivity index (χ1v) is 11.8. The number of rotatable bonds is 4. The Morgan fingerprint density at radius 3 is 3.06 bits per heavy atom. The molecule has 1 amide bonds. The third-order valence-electron chi connectivity index (χ3n) is 6.43. The van der Waals surface area contributed by atoms with Gasteiger partial charge in [-0.2, -0.15) is 0 Å². The zero-order valence-corrected chi connectivity index (χ0v) is 19.0. The van der Waals surface area contributed by atoms with Crippen LogP contribution in [0.3, 0.4) is 0 Å². The number of aryl methyl sites for hydroxylation is 1. The maximum Gasteiger partial charge on any atom is 0.226 e. The summed E-state index contributed by atoms with van der Waals surface area (Å²) in [5, 5.41) is 11.4. The number of nitrogens with zero attached hydrogens (tertiary/aromatic N) is 3. The number of carbonyl (C=O) groups excluding carboxylic acids is 1. The van der Waals surface area contributed by atoms with E-state index in [4.69, 9.17) is 15.9 Å². The molecule has 1 aliphatic heterocycles. The van der Waals surface area contributed by atoms with Crippen LogP contribution < -0.4 is 11.1 Å². The standard InChI is InChI=1S/C23H25FN6O2S/c1-12-10-32-5-4-30(12)23(31)13-2-3-15-19(7-13)33-22-20(15)21(27-11-28-22)29-18-6-14(9-25)17(26)8-16(18)24/h6,8-9,11-13,25H,2-5,7,10,26H2,1H3,(H,27,28,29). The summed E-state index contributed by atoms with van der Waals surface area (Å²) in [6.45, 7) is 3.83. The number of aromatic nitrogens is 2. The average Bonchev–Trinajstić information content (AvgIpc) is 3.19. The Labute approximate surface area is 194 Å². The number of benzene rings is 1. The Kier molecular flexibility index (Phi) is 5.71. The molecule has 5 rings (SSSR count). The molecule has 1 saturated heterocycles. The summed E-state index contributed by atoms with van der Waals surface area (Å²) < 4.78 is 20.0. The largest absolute Gasteiger partial charge is 0.398 e. The van der Waals surface area contributed by atoms with Gasteiger partial charge in [-0.1, -0.05) is 0 Å². The smallest absolute Gasteiger partial charge is 0.226 e. The lowest BCUT2D eigenvalue weighted by Crippen LogP contribution is -2.50. The van der Waals surface area contributed by atoms with Crippen molar-refractivity contribution in [2.24, 2.45) is 5.92 Å². The fourth-order valence-corrected chi connectivity index (χ4v) is 5.93. The molecule has 2 aliphatic rings. The first kappa shape index (κ1) is 21.7. The number of hydrogen-bond acceptors (Lipinski definition) is 8. The van der Waals surface area contributed by atoms with Crippen LogP contribution in [0.25, 0.3) is 10.2 Å². The molecule has 172 valence electrons. The summed E-state index contributed by atoms with van der Waals surface area (Å²) in [5.74, 6) is 0.143. The molecule has 3 aromatic rings. The number of morpholine rings is 1. The van der Waals surface area contributed by atoms with Crippen LogP contribution in [0.15, 0.2) is 18.5 Å². The number of nitrogen functional groups attached to an aromatic ring is 1. The van der Waals surface area contributed by atoms with Crippen LogP contribution in [0.4, 0.5) is 21.6 Å². The third kappa shape index (κ3) is 3.93. The molecular formula is C23H25FN6O2S. The summed E-state index contributed by atoms with van der Waals surface area (Å²) in [6.07, 6.45) is 4.71. The van der Waals surface area contributed by atoms with Crippen molar-refractivity contribution < 1.29 is 13.9 Å². The summed E-state index contributed by atoms with van der Waals surface area (Å²) >= 11 is 1.57. The molecule has 1 fully saturated rings. The van der Waals surface area contributed by atoms with Gasteiger partial charge in [0.05, 0.1) is 30.3 Å². The summed E-state index contributed by atoms with van der Waals surface area (Å²) in [6, 6.07) is 2.80. The molecule has 0 radical (unpaired) electrons. The summed E-state index contributed by atoms with van der Waals surface area (Å²) in [7, 11) is 0. The predicted octanol–water partition coefficient (Wildman–Crippen LogP) is 3.51. The number of halogens is 1. The molecule has 2 aromatic heterocycles. The quantitative estimate of drug-likeness (QED) is 0.399. The lowest BCUT2D eigenvalue weighted by molar-refractivity contribution is -0.143. The van der Waals surface area contributed by atoms with Gasteiger partial charge in [0.1, 0.15) is 22.8 Å². The number of nitrogens with two attached hydrogens (primary N) is 1. The van der Waals surface area contributed by atoms with Gasteiger partial charge < -0.3 is 26.1 Å². The van der Waals surface area contributed by atoms with Gasteiger partial charge in [-0.3, -0.25) is 4.79 Å². The highest BCUT2D eigenvalue weighted by atomic mass is 32.1. The molecule has 2 unspecified atom stereocenters. The molecule has 0 spiro atoms. The highest BCUT2D eigenvalue weighted by Gasteiger charge is 2.34. The predicted molar refractivity (Wildman–Crippen MR) is 127 cm³/mol. The molecule has 1 aliphatic carbocycles. The fourth-order valence-electron chi connectivity index (χ4n) is 4.66. The van der Waals surface area contributed by atoms with E-state index in [0.717, 1.165) is 39.7 Å². The molecule has 33 heavy (non-hydrogen) atoms. The number of anilines is 3. The van der Waals surface area contributed by atoms with E-state index in [2.05, 4.69) is 15.3 Å². The van der Waals surface area contributed by atoms with Gasteiger partial charge in [-0.15, -0.1) is 11.3 Å². The SMILES string of the molecule is CC1COCCN1C(=O)C1CCc2c(sc3ncnc(Nc4cc(C=N)c(N)cc4F)c23)C1. The fraction of sp³-hybridized carbons (Fsp3) is 0.391.